The zero-order valence-corrected chi connectivity index (χ0v) is 22.8. The Morgan fingerprint density at radius 3 is 2.53 bits per heavy atom. The summed E-state index contributed by atoms with van der Waals surface area (Å²) in [6, 6.07) is 14.0. The minimum absolute atomic E-state index is 0.139. The molecule has 1 atom stereocenters. The highest BCUT2D eigenvalue weighted by molar-refractivity contribution is 5.97. The van der Waals surface area contributed by atoms with Gasteiger partial charge in [0.25, 0.3) is 0 Å². The normalized spacial score (nSPS) is 20.2. The van der Waals surface area contributed by atoms with Gasteiger partial charge >= 0.3 is 6.01 Å². The minimum atomic E-state index is 0.139. The van der Waals surface area contributed by atoms with E-state index in [2.05, 4.69) is 65.1 Å². The number of benzene rings is 2. The van der Waals surface area contributed by atoms with Crippen molar-refractivity contribution in [2.45, 2.75) is 45.7 Å². The molecule has 4 heterocycles. The summed E-state index contributed by atoms with van der Waals surface area (Å²) in [7, 11) is 2.17. The van der Waals surface area contributed by atoms with Gasteiger partial charge in [-0.15, -0.1) is 0 Å². The van der Waals surface area contributed by atoms with Crippen molar-refractivity contribution in [1.82, 2.24) is 19.8 Å². The quantitative estimate of drug-likeness (QED) is 0.515. The number of fused-ring (bicyclic) bond motifs is 2. The Labute approximate surface area is 225 Å². The first kappa shape index (κ1) is 24.9. The zero-order chi connectivity index (χ0) is 26.2. The van der Waals surface area contributed by atoms with Gasteiger partial charge in [-0.2, -0.15) is 9.97 Å². The van der Waals surface area contributed by atoms with Gasteiger partial charge in [-0.3, -0.25) is 4.79 Å². The van der Waals surface area contributed by atoms with Crippen molar-refractivity contribution in [2.75, 3.05) is 62.7 Å². The highest BCUT2D eigenvalue weighted by Gasteiger charge is 2.29. The van der Waals surface area contributed by atoms with E-state index in [4.69, 9.17) is 14.7 Å². The van der Waals surface area contributed by atoms with E-state index < -0.39 is 0 Å². The zero-order valence-electron chi connectivity index (χ0n) is 22.8. The molecular formula is C30H38N6O2. The highest BCUT2D eigenvalue weighted by Crippen LogP contribution is 2.35. The smallest absolute Gasteiger partial charge is 0.318 e. The van der Waals surface area contributed by atoms with Gasteiger partial charge in [-0.25, -0.2) is 0 Å². The van der Waals surface area contributed by atoms with E-state index in [0.717, 1.165) is 70.2 Å². The number of aromatic nitrogens is 2. The maximum atomic E-state index is 11.9. The number of ether oxygens (including phenoxy) is 1. The first-order valence-electron chi connectivity index (χ1n) is 13.9. The lowest BCUT2D eigenvalue weighted by atomic mass is 9.99. The molecule has 0 bridgehead atoms. The molecule has 1 aromatic heterocycles. The molecular weight excluding hydrogens is 476 g/mol. The average Bonchev–Trinajstić information content (AvgIpc) is 3.35. The van der Waals surface area contributed by atoms with E-state index in [1.165, 1.54) is 34.0 Å². The summed E-state index contributed by atoms with van der Waals surface area (Å²) < 4.78 is 6.27. The highest BCUT2D eigenvalue weighted by atomic mass is 16.5. The van der Waals surface area contributed by atoms with E-state index in [1.54, 1.807) is 6.92 Å². The number of carbonyl (C=O) groups is 1. The predicted octanol–water partition coefficient (Wildman–Crippen LogP) is 3.64. The number of hydrogen-bond acceptors (Lipinski definition) is 7. The van der Waals surface area contributed by atoms with Crippen LogP contribution in [-0.4, -0.2) is 84.6 Å². The first-order valence-corrected chi connectivity index (χ1v) is 13.9. The van der Waals surface area contributed by atoms with Crippen LogP contribution in [0.25, 0.3) is 10.8 Å². The van der Waals surface area contributed by atoms with Crippen LogP contribution < -0.4 is 14.5 Å². The Morgan fingerprint density at radius 1 is 1.00 bits per heavy atom. The van der Waals surface area contributed by atoms with E-state index in [-0.39, 0.29) is 5.91 Å². The minimum Gasteiger partial charge on any atom is -0.462 e. The number of aryl methyl sites for hydroxylation is 1. The number of likely N-dealkylation sites (N-methyl/N-ethyl adjacent to an activating group) is 1. The van der Waals surface area contributed by atoms with E-state index in [0.29, 0.717) is 18.7 Å². The third-order valence-electron chi connectivity index (χ3n) is 8.56. The lowest BCUT2D eigenvalue weighted by Crippen LogP contribution is -2.49. The number of carbonyl (C=O) groups excluding carboxylic acids is 1. The molecule has 3 aliphatic heterocycles. The molecule has 6 rings (SSSR count). The third-order valence-corrected chi connectivity index (χ3v) is 8.56. The van der Waals surface area contributed by atoms with Crippen LogP contribution >= 0.6 is 0 Å². The second-order valence-electron chi connectivity index (χ2n) is 11.0. The maximum absolute atomic E-state index is 11.9. The standard InChI is InChI=1S/C30H38N6O2/c1-21-7-4-8-23-9-5-11-27(28(21)23)36-14-12-25-26(19-36)31-30(38-20-24-10-6-13-33(24)3)32-29(25)35-17-15-34(16-18-35)22(2)37/h4-5,7-9,11,24H,6,10,12-20H2,1-3H3/t24-/m0/s1. The molecule has 0 N–H and O–H groups in total. The van der Waals surface area contributed by atoms with Gasteiger partial charge < -0.3 is 24.3 Å². The second kappa shape index (κ2) is 10.4. The van der Waals surface area contributed by atoms with Gasteiger partial charge in [-0.1, -0.05) is 30.3 Å². The van der Waals surface area contributed by atoms with Crippen LogP contribution in [0.5, 0.6) is 6.01 Å². The molecule has 2 aromatic carbocycles. The lowest BCUT2D eigenvalue weighted by molar-refractivity contribution is -0.129. The fourth-order valence-electron chi connectivity index (χ4n) is 6.28. The van der Waals surface area contributed by atoms with Crippen LogP contribution in [0, 0.1) is 6.92 Å². The summed E-state index contributed by atoms with van der Waals surface area (Å²) in [5.74, 6) is 1.13. The number of anilines is 2. The summed E-state index contributed by atoms with van der Waals surface area (Å²) in [5, 5.41) is 2.58. The van der Waals surface area contributed by atoms with Crippen LogP contribution in [0.3, 0.4) is 0 Å². The van der Waals surface area contributed by atoms with Crippen molar-refractivity contribution in [2.24, 2.45) is 0 Å². The van der Waals surface area contributed by atoms with Crippen LogP contribution in [0.2, 0.25) is 0 Å². The molecule has 0 saturated carbocycles. The average molecular weight is 515 g/mol. The van der Waals surface area contributed by atoms with Gasteiger partial charge in [-0.05, 0) is 56.8 Å². The van der Waals surface area contributed by atoms with Gasteiger partial charge in [0.2, 0.25) is 5.91 Å². The Balaban J connectivity index is 1.32. The van der Waals surface area contributed by atoms with Crippen LogP contribution in [0.4, 0.5) is 11.5 Å². The van der Waals surface area contributed by atoms with Crippen molar-refractivity contribution < 1.29 is 9.53 Å². The molecule has 8 nitrogen and oxygen atoms in total. The Kier molecular flexibility index (Phi) is 6.82. The van der Waals surface area contributed by atoms with Crippen LogP contribution in [0.1, 0.15) is 36.6 Å². The summed E-state index contributed by atoms with van der Waals surface area (Å²) >= 11 is 0. The van der Waals surface area contributed by atoms with Crippen molar-refractivity contribution in [1.29, 1.82) is 0 Å². The summed E-state index contributed by atoms with van der Waals surface area (Å²) in [6.07, 6.45) is 3.24. The number of amides is 1. The molecule has 0 radical (unpaired) electrons. The van der Waals surface area contributed by atoms with Gasteiger partial charge in [0.15, 0.2) is 0 Å². The Morgan fingerprint density at radius 2 is 1.79 bits per heavy atom. The number of likely N-dealkylation sites (tertiary alicyclic amines) is 1. The number of nitrogens with zero attached hydrogens (tertiary/aromatic N) is 6. The van der Waals surface area contributed by atoms with E-state index >= 15 is 0 Å². The first-order chi connectivity index (χ1) is 18.5. The summed E-state index contributed by atoms with van der Waals surface area (Å²) in [4.78, 5) is 30.9. The second-order valence-corrected chi connectivity index (χ2v) is 11.0. The fraction of sp³-hybridized carbons (Fsp3) is 0.500. The van der Waals surface area contributed by atoms with Crippen molar-refractivity contribution >= 4 is 28.2 Å². The number of hydrogen-bond donors (Lipinski definition) is 0. The molecule has 1 amide bonds. The van der Waals surface area contributed by atoms with Gasteiger partial charge in [0.1, 0.15) is 12.4 Å². The molecule has 8 heteroatoms. The summed E-state index contributed by atoms with van der Waals surface area (Å²) in [5.41, 5.74) is 4.83. The molecule has 3 aliphatic rings. The molecule has 38 heavy (non-hydrogen) atoms. The largest absolute Gasteiger partial charge is 0.462 e. The molecule has 0 aliphatic carbocycles. The van der Waals surface area contributed by atoms with Crippen LogP contribution in [0.15, 0.2) is 36.4 Å². The lowest BCUT2D eigenvalue weighted by Gasteiger charge is -2.38. The molecule has 3 aromatic rings. The Hall–Kier alpha value is -3.39. The Bertz CT molecular complexity index is 1330. The van der Waals surface area contributed by atoms with Gasteiger partial charge in [0.05, 0.1) is 12.2 Å². The summed E-state index contributed by atoms with van der Waals surface area (Å²) in [6.45, 7) is 10.2. The topological polar surface area (TPSA) is 65.0 Å². The SMILES string of the molecule is CC(=O)N1CCN(c2nc(OC[C@@H]3CCCN3C)nc3c2CCN(c2cccc4cccc(C)c24)C3)CC1. The number of rotatable bonds is 5. The van der Waals surface area contributed by atoms with Crippen molar-refractivity contribution in [3.05, 3.63) is 53.2 Å². The monoisotopic (exact) mass is 514 g/mol. The maximum Gasteiger partial charge on any atom is 0.318 e. The van der Waals surface area contributed by atoms with Crippen molar-refractivity contribution in [3.63, 3.8) is 0 Å². The molecule has 0 spiro atoms. The van der Waals surface area contributed by atoms with Crippen LogP contribution in [-0.2, 0) is 17.8 Å². The number of piperazine rings is 1. The fourth-order valence-corrected chi connectivity index (χ4v) is 6.28. The van der Waals surface area contributed by atoms with E-state index in [1.807, 2.05) is 4.90 Å². The molecule has 0 unspecified atom stereocenters. The van der Waals surface area contributed by atoms with E-state index in [9.17, 15) is 4.79 Å². The molecule has 200 valence electrons. The molecule has 2 saturated heterocycles. The molecule has 2 fully saturated rings. The van der Waals surface area contributed by atoms with Gasteiger partial charge in [0, 0.05) is 62.3 Å². The predicted molar refractivity (Wildman–Crippen MR) is 151 cm³/mol. The third kappa shape index (κ3) is 4.77. The van der Waals surface area contributed by atoms with Crippen molar-refractivity contribution in [3.8, 4) is 6.01 Å².